The lowest BCUT2D eigenvalue weighted by Crippen LogP contribution is -2.45. The molecule has 0 aromatic heterocycles. The highest BCUT2D eigenvalue weighted by Gasteiger charge is 2.31. The van der Waals surface area contributed by atoms with E-state index in [1.807, 2.05) is 0 Å². The predicted molar refractivity (Wildman–Crippen MR) is 114 cm³/mol. The van der Waals surface area contributed by atoms with Crippen LogP contribution in [0.25, 0.3) is 0 Å². The molecule has 0 aromatic carbocycles. The van der Waals surface area contributed by atoms with Gasteiger partial charge in [0.2, 0.25) is 20.0 Å². The van der Waals surface area contributed by atoms with Crippen molar-refractivity contribution < 1.29 is 35.9 Å². The Bertz CT molecular complexity index is 764. The Labute approximate surface area is 179 Å². The maximum Gasteiger partial charge on any atom is 0.331 e. The summed E-state index contributed by atoms with van der Waals surface area (Å²) in [5.74, 6) is -1.70. The van der Waals surface area contributed by atoms with Crippen molar-refractivity contribution >= 4 is 32.0 Å². The molecule has 0 bridgehead atoms. The third-order valence-corrected chi connectivity index (χ3v) is 8.28. The zero-order chi connectivity index (χ0) is 24.0. The van der Waals surface area contributed by atoms with Gasteiger partial charge in [0.15, 0.2) is 0 Å². The molecule has 0 aliphatic heterocycles. The summed E-state index contributed by atoms with van der Waals surface area (Å²) in [5.41, 5.74) is 0. The van der Waals surface area contributed by atoms with Gasteiger partial charge in [-0.1, -0.05) is 0 Å². The van der Waals surface area contributed by atoms with Crippen LogP contribution < -0.4 is 9.44 Å². The van der Waals surface area contributed by atoms with Crippen LogP contribution in [0.3, 0.4) is 0 Å². The smallest absolute Gasteiger partial charge is 0.331 e. The van der Waals surface area contributed by atoms with Crippen LogP contribution in [0.2, 0.25) is 0 Å². The van der Waals surface area contributed by atoms with Crippen LogP contribution in [-0.4, -0.2) is 63.6 Å². The van der Waals surface area contributed by atoms with Crippen molar-refractivity contribution in [3.63, 3.8) is 0 Å². The highest BCUT2D eigenvalue weighted by atomic mass is 32.2. The number of esters is 2. The third-order valence-electron chi connectivity index (χ3n) is 3.63. The van der Waals surface area contributed by atoms with E-state index in [0.29, 0.717) is 0 Å². The summed E-state index contributed by atoms with van der Waals surface area (Å²) in [4.78, 5) is 23.3. The number of hydrogen-bond acceptors (Lipinski definition) is 8. The molecule has 10 nitrogen and oxygen atoms in total. The van der Waals surface area contributed by atoms with Crippen LogP contribution >= 0.6 is 0 Å². The highest BCUT2D eigenvalue weighted by Crippen LogP contribution is 2.14. The molecule has 0 saturated carbocycles. The van der Waals surface area contributed by atoms with Crippen LogP contribution in [0.15, 0.2) is 12.2 Å². The second-order valence-electron chi connectivity index (χ2n) is 8.86. The van der Waals surface area contributed by atoms with Gasteiger partial charge in [0, 0.05) is 12.2 Å². The van der Waals surface area contributed by atoms with E-state index < -0.39 is 53.6 Å². The Morgan fingerprint density at radius 2 is 1.00 bits per heavy atom. The van der Waals surface area contributed by atoms with E-state index in [1.165, 1.54) is 55.4 Å². The molecule has 0 aromatic rings. The molecule has 12 heteroatoms. The highest BCUT2D eigenvalue weighted by molar-refractivity contribution is 7.91. The van der Waals surface area contributed by atoms with E-state index >= 15 is 0 Å². The van der Waals surface area contributed by atoms with Crippen molar-refractivity contribution in [1.29, 1.82) is 0 Å². The Balaban J connectivity index is 4.45. The summed E-state index contributed by atoms with van der Waals surface area (Å²) in [6.45, 7) is 11.9. The van der Waals surface area contributed by atoms with E-state index in [-0.39, 0.29) is 13.2 Å². The molecule has 0 saturated heterocycles. The van der Waals surface area contributed by atoms with Gasteiger partial charge in [0.05, 0.1) is 21.6 Å². The fourth-order valence-electron chi connectivity index (χ4n) is 1.60. The molecule has 2 N–H and O–H groups in total. The fraction of sp³-hybridized carbons (Fsp3) is 0.778. The van der Waals surface area contributed by atoms with Gasteiger partial charge in [-0.25, -0.2) is 35.9 Å². The molecular weight excluding hydrogens is 436 g/mol. The molecule has 0 amide bonds. The monoisotopic (exact) mass is 470 g/mol. The molecule has 0 spiro atoms. The predicted octanol–water partition coefficient (Wildman–Crippen LogP) is 0.842. The van der Waals surface area contributed by atoms with Crippen LogP contribution in [0, 0.1) is 0 Å². The number of rotatable bonds is 10. The number of nitrogens with one attached hydrogen (secondary N) is 2. The summed E-state index contributed by atoms with van der Waals surface area (Å²) >= 11 is 0. The molecule has 0 radical (unpaired) electrons. The molecule has 0 fully saturated rings. The Morgan fingerprint density at radius 3 is 1.23 bits per heavy atom. The van der Waals surface area contributed by atoms with Gasteiger partial charge in [0.25, 0.3) is 0 Å². The fourth-order valence-corrected chi connectivity index (χ4v) is 3.50. The Hall–Kier alpha value is -1.50. The van der Waals surface area contributed by atoms with Crippen molar-refractivity contribution in [2.45, 2.75) is 77.0 Å². The maximum absolute atomic E-state index is 12.0. The first-order valence-corrected chi connectivity index (χ1v) is 12.3. The molecule has 2 atom stereocenters. The molecule has 0 heterocycles. The summed E-state index contributed by atoms with van der Waals surface area (Å²) in [6.07, 6.45) is 1.69. The second kappa shape index (κ2) is 10.7. The first kappa shape index (κ1) is 28.5. The van der Waals surface area contributed by atoms with Gasteiger partial charge in [0.1, 0.15) is 13.2 Å². The van der Waals surface area contributed by atoms with E-state index in [9.17, 15) is 26.4 Å². The van der Waals surface area contributed by atoms with Crippen molar-refractivity contribution in [3.8, 4) is 0 Å². The zero-order valence-electron chi connectivity index (χ0n) is 18.8. The van der Waals surface area contributed by atoms with Crippen LogP contribution in [0.1, 0.15) is 55.4 Å². The standard InChI is InChI=1S/C18H34N2O8S2/c1-13(19-29(23,24)17(3,4)5)11-27-15(21)9-10-16(22)28-12-14(2)20-30(25,26)18(6,7)8/h9-10,13-14,19-20H,11-12H2,1-8H3/b10-9+/t13-,14-/m1/s1. The van der Waals surface area contributed by atoms with Crippen molar-refractivity contribution in [3.05, 3.63) is 12.2 Å². The van der Waals surface area contributed by atoms with Crippen LogP contribution in [0.4, 0.5) is 0 Å². The van der Waals surface area contributed by atoms with Gasteiger partial charge >= 0.3 is 11.9 Å². The number of ether oxygens (including phenoxy) is 2. The SMILES string of the molecule is C[C@H](COC(=O)/C=C/C(=O)OC[C@@H](C)NS(=O)(=O)C(C)(C)C)NS(=O)(=O)C(C)(C)C. The van der Waals surface area contributed by atoms with Gasteiger partial charge < -0.3 is 9.47 Å². The normalized spacial score (nSPS) is 15.6. The minimum atomic E-state index is -3.59. The van der Waals surface area contributed by atoms with Gasteiger partial charge in [-0.05, 0) is 55.4 Å². The lowest BCUT2D eigenvalue weighted by atomic mass is 10.3. The first-order valence-electron chi connectivity index (χ1n) is 9.34. The van der Waals surface area contributed by atoms with Gasteiger partial charge in [-0.2, -0.15) is 0 Å². The number of carbonyl (C=O) groups is 2. The largest absolute Gasteiger partial charge is 0.461 e. The molecule has 0 aliphatic rings. The number of sulfonamides is 2. The summed E-state index contributed by atoms with van der Waals surface area (Å²) in [7, 11) is -7.18. The zero-order valence-corrected chi connectivity index (χ0v) is 20.4. The first-order chi connectivity index (χ1) is 13.3. The number of hydrogen-bond donors (Lipinski definition) is 2. The third kappa shape index (κ3) is 10.0. The summed E-state index contributed by atoms with van der Waals surface area (Å²) < 4.78 is 60.7. The topological polar surface area (TPSA) is 145 Å². The molecule has 0 unspecified atom stereocenters. The maximum atomic E-state index is 12.0. The van der Waals surface area contributed by atoms with E-state index in [2.05, 4.69) is 9.44 Å². The van der Waals surface area contributed by atoms with Crippen molar-refractivity contribution in [2.75, 3.05) is 13.2 Å². The summed E-state index contributed by atoms with van der Waals surface area (Å²) in [6, 6.07) is -1.31. The average molecular weight is 471 g/mol. The molecular formula is C18H34N2O8S2. The molecule has 176 valence electrons. The lowest BCUT2D eigenvalue weighted by Gasteiger charge is -2.23. The van der Waals surface area contributed by atoms with E-state index in [1.54, 1.807) is 0 Å². The molecule has 0 aliphatic carbocycles. The van der Waals surface area contributed by atoms with Crippen LogP contribution in [0.5, 0.6) is 0 Å². The minimum absolute atomic E-state index is 0.223. The van der Waals surface area contributed by atoms with Crippen molar-refractivity contribution in [2.24, 2.45) is 0 Å². The van der Waals surface area contributed by atoms with Crippen LogP contribution in [-0.2, 0) is 39.1 Å². The molecule has 30 heavy (non-hydrogen) atoms. The lowest BCUT2D eigenvalue weighted by molar-refractivity contribution is -0.141. The van der Waals surface area contributed by atoms with Gasteiger partial charge in [-0.15, -0.1) is 0 Å². The van der Waals surface area contributed by atoms with Gasteiger partial charge in [-0.3, -0.25) is 0 Å². The van der Waals surface area contributed by atoms with E-state index in [0.717, 1.165) is 12.2 Å². The quantitative estimate of drug-likeness (QED) is 0.353. The second-order valence-corrected chi connectivity index (χ2v) is 13.8. The van der Waals surface area contributed by atoms with E-state index in [4.69, 9.17) is 9.47 Å². The Morgan fingerprint density at radius 1 is 0.733 bits per heavy atom. The minimum Gasteiger partial charge on any atom is -0.461 e. The van der Waals surface area contributed by atoms with Crippen molar-refractivity contribution in [1.82, 2.24) is 9.44 Å². The number of carbonyl (C=O) groups excluding carboxylic acids is 2. The average Bonchev–Trinajstić information content (AvgIpc) is 2.53. The summed E-state index contributed by atoms with van der Waals surface area (Å²) in [5, 5.41) is 0. The molecule has 0 rings (SSSR count). The Kier molecular flexibility index (Phi) is 10.2.